The lowest BCUT2D eigenvalue weighted by Gasteiger charge is -2.07. The molecule has 0 fully saturated rings. The van der Waals surface area contributed by atoms with Crippen LogP contribution in [0.2, 0.25) is 0 Å². The normalized spacial score (nSPS) is 15.7. The summed E-state index contributed by atoms with van der Waals surface area (Å²) in [6.45, 7) is 0. The first kappa shape index (κ1) is 8.32. The molecular weight excluding hydrogens is 178 g/mol. The number of thiocarbonyl (C=S) groups is 1. The van der Waals surface area contributed by atoms with Gasteiger partial charge in [0.1, 0.15) is 0 Å². The van der Waals surface area contributed by atoms with Gasteiger partial charge in [-0.15, -0.1) is 0 Å². The monoisotopic (exact) mass is 186 g/mol. The van der Waals surface area contributed by atoms with Crippen LogP contribution in [0.3, 0.4) is 0 Å². The van der Waals surface area contributed by atoms with E-state index in [1.54, 1.807) is 6.20 Å². The molecule has 1 aromatic heterocycles. The summed E-state index contributed by atoms with van der Waals surface area (Å²) in [7, 11) is 0. The molecule has 0 saturated carbocycles. The number of pyridine rings is 1. The van der Waals surface area contributed by atoms with Crippen LogP contribution in [-0.2, 0) is 0 Å². The van der Waals surface area contributed by atoms with Gasteiger partial charge in [-0.2, -0.15) is 0 Å². The topological polar surface area (TPSA) is 12.9 Å². The van der Waals surface area contributed by atoms with Crippen molar-refractivity contribution in [1.82, 2.24) is 4.98 Å². The number of hydrogen-bond acceptors (Lipinski definition) is 2. The summed E-state index contributed by atoms with van der Waals surface area (Å²) in [6, 6.07) is 6.81. The van der Waals surface area contributed by atoms with E-state index in [0.29, 0.717) is 0 Å². The Morgan fingerprint density at radius 3 is 3.08 bits per heavy atom. The van der Waals surface area contributed by atoms with Crippen molar-refractivity contribution >= 4 is 22.7 Å². The van der Waals surface area contributed by atoms with E-state index in [9.17, 15) is 0 Å². The summed E-state index contributed by atoms with van der Waals surface area (Å²) in [6.07, 6.45) is 8.52. The maximum Gasteiger partial charge on any atom is 0.0744 e. The van der Waals surface area contributed by atoms with E-state index in [-0.39, 0.29) is 0 Å². The molecule has 1 heterocycles. The minimum Gasteiger partial charge on any atom is -0.256 e. The molecule has 1 nitrogen and oxygen atoms in total. The van der Waals surface area contributed by atoms with Gasteiger partial charge in [-0.25, -0.2) is 0 Å². The summed E-state index contributed by atoms with van der Waals surface area (Å²) in [5.74, 6) is 0. The Kier molecular flexibility index (Phi) is 2.32. The summed E-state index contributed by atoms with van der Waals surface area (Å²) < 4.78 is 0. The number of nitrogens with zero attached hydrogens (tertiary/aromatic N) is 1. The zero-order chi connectivity index (χ0) is 9.10. The molecule has 1 aliphatic rings. The van der Waals surface area contributed by atoms with Crippen molar-refractivity contribution in [2.75, 3.05) is 0 Å². The summed E-state index contributed by atoms with van der Waals surface area (Å²) in [5.41, 5.74) is 2.04. The van der Waals surface area contributed by atoms with Crippen molar-refractivity contribution in [3.05, 3.63) is 48.3 Å². The molecule has 0 spiro atoms. The van der Waals surface area contributed by atoms with Crippen molar-refractivity contribution in [3.8, 4) is 0 Å². The minimum atomic E-state index is 0.805. The van der Waals surface area contributed by atoms with Crippen LogP contribution in [0.4, 0.5) is 0 Å². The third-order valence-electron chi connectivity index (χ3n) is 1.85. The molecule has 13 heavy (non-hydrogen) atoms. The van der Waals surface area contributed by atoms with E-state index < -0.39 is 0 Å². The van der Waals surface area contributed by atoms with Crippen LogP contribution in [0.1, 0.15) is 12.1 Å². The highest BCUT2D eigenvalue weighted by molar-refractivity contribution is 7.80. The highest BCUT2D eigenvalue weighted by Crippen LogP contribution is 2.19. The zero-order valence-corrected chi connectivity index (χ0v) is 7.84. The molecule has 2 rings (SSSR count). The fourth-order valence-electron chi connectivity index (χ4n) is 1.24. The summed E-state index contributed by atoms with van der Waals surface area (Å²) in [5, 5.41) is 0. The van der Waals surface area contributed by atoms with Gasteiger partial charge in [-0.3, -0.25) is 4.98 Å². The molecule has 0 aliphatic heterocycles. The Balaban J connectivity index is 2.33. The van der Waals surface area contributed by atoms with Crippen molar-refractivity contribution in [3.63, 3.8) is 0 Å². The third-order valence-corrected chi connectivity index (χ3v) is 2.13. The number of hydrogen-bond donors (Lipinski definition) is 0. The predicted molar refractivity (Wildman–Crippen MR) is 57.4 cm³/mol. The van der Waals surface area contributed by atoms with Gasteiger partial charge >= 0.3 is 0 Å². The van der Waals surface area contributed by atoms with Gasteiger partial charge in [0.05, 0.1) is 5.69 Å². The largest absolute Gasteiger partial charge is 0.256 e. The first-order valence-corrected chi connectivity index (χ1v) is 4.50. The highest BCUT2D eigenvalue weighted by Gasteiger charge is 2.06. The summed E-state index contributed by atoms with van der Waals surface area (Å²) in [4.78, 5) is 5.17. The Morgan fingerprint density at radius 2 is 2.38 bits per heavy atom. The third kappa shape index (κ3) is 1.90. The van der Waals surface area contributed by atoms with Crippen LogP contribution in [0, 0.1) is 6.07 Å². The first-order chi connectivity index (χ1) is 6.36. The molecule has 63 valence electrons. The second-order valence-corrected chi connectivity index (χ2v) is 3.35. The maximum atomic E-state index is 5.11. The van der Waals surface area contributed by atoms with Crippen molar-refractivity contribution in [1.29, 1.82) is 0 Å². The fraction of sp³-hybridized carbons (Fsp3) is 0.0909. The van der Waals surface area contributed by atoms with Crippen LogP contribution >= 0.6 is 12.2 Å². The van der Waals surface area contributed by atoms with E-state index in [4.69, 9.17) is 12.2 Å². The Labute approximate surface area is 82.8 Å². The van der Waals surface area contributed by atoms with E-state index in [1.165, 1.54) is 0 Å². The lowest BCUT2D eigenvalue weighted by Crippen LogP contribution is -1.98. The maximum absolute atomic E-state index is 5.11. The van der Waals surface area contributed by atoms with E-state index in [1.807, 2.05) is 30.4 Å². The smallest absolute Gasteiger partial charge is 0.0744 e. The molecule has 0 bridgehead atoms. The van der Waals surface area contributed by atoms with Gasteiger partial charge in [-0.05, 0) is 17.7 Å². The van der Waals surface area contributed by atoms with Gasteiger partial charge in [-0.1, -0.05) is 30.4 Å². The van der Waals surface area contributed by atoms with Crippen LogP contribution < -0.4 is 0 Å². The number of aromatic nitrogens is 1. The summed E-state index contributed by atoms with van der Waals surface area (Å²) >= 11 is 5.11. The Morgan fingerprint density at radius 1 is 1.46 bits per heavy atom. The lowest BCUT2D eigenvalue weighted by atomic mass is 10.0. The van der Waals surface area contributed by atoms with Gasteiger partial charge in [0.15, 0.2) is 0 Å². The van der Waals surface area contributed by atoms with Crippen LogP contribution in [0.5, 0.6) is 0 Å². The second-order valence-electron chi connectivity index (χ2n) is 2.82. The molecule has 2 heteroatoms. The Hall–Kier alpha value is -1.28. The number of rotatable bonds is 1. The molecule has 1 aliphatic carbocycles. The average Bonchev–Trinajstić information content (AvgIpc) is 2.19. The molecule has 0 atom stereocenters. The van der Waals surface area contributed by atoms with E-state index in [0.717, 1.165) is 22.6 Å². The molecule has 0 amide bonds. The number of allylic oxidation sites excluding steroid dienone is 4. The predicted octanol–water partition coefficient (Wildman–Crippen LogP) is 2.59. The van der Waals surface area contributed by atoms with Gasteiger partial charge in [0, 0.05) is 23.5 Å². The molecule has 0 N–H and O–H groups in total. The van der Waals surface area contributed by atoms with E-state index in [2.05, 4.69) is 11.1 Å². The molecule has 0 aromatic carbocycles. The van der Waals surface area contributed by atoms with Crippen molar-refractivity contribution in [2.45, 2.75) is 6.42 Å². The van der Waals surface area contributed by atoms with Crippen LogP contribution in [0.25, 0.3) is 5.57 Å². The molecular formula is C11H8NS. The zero-order valence-electron chi connectivity index (χ0n) is 7.03. The van der Waals surface area contributed by atoms with Gasteiger partial charge in [0.25, 0.3) is 0 Å². The van der Waals surface area contributed by atoms with Crippen molar-refractivity contribution in [2.24, 2.45) is 0 Å². The lowest BCUT2D eigenvalue weighted by molar-refractivity contribution is 1.24. The van der Waals surface area contributed by atoms with Crippen LogP contribution in [0.15, 0.2) is 36.6 Å². The second kappa shape index (κ2) is 3.62. The first-order valence-electron chi connectivity index (χ1n) is 4.09. The minimum absolute atomic E-state index is 0.805. The molecule has 1 aromatic rings. The van der Waals surface area contributed by atoms with Gasteiger partial charge < -0.3 is 0 Å². The Bertz CT molecular complexity index is 376. The molecule has 0 saturated heterocycles. The highest BCUT2D eigenvalue weighted by atomic mass is 32.1. The molecule has 1 radical (unpaired) electrons. The quantitative estimate of drug-likeness (QED) is 0.625. The van der Waals surface area contributed by atoms with Crippen molar-refractivity contribution < 1.29 is 0 Å². The van der Waals surface area contributed by atoms with Gasteiger partial charge in [0.2, 0.25) is 0 Å². The fourth-order valence-corrected chi connectivity index (χ4v) is 1.47. The standard InChI is InChI=1S/C11H8NS/c13-10-5-3-4-9(8-10)11-6-1-2-7-12-11/h1-5,7H,8H2. The van der Waals surface area contributed by atoms with E-state index >= 15 is 0 Å². The average molecular weight is 186 g/mol. The molecule has 0 unspecified atom stereocenters. The SMILES string of the molecule is S=C1C=CC=C(c2[c]cccn2)C1. The van der Waals surface area contributed by atoms with Crippen LogP contribution in [-0.4, -0.2) is 9.85 Å².